The number of aromatic nitrogens is 1. The average molecular weight is 371 g/mol. The number of esters is 1. The van der Waals surface area contributed by atoms with E-state index in [1.807, 2.05) is 31.2 Å². The van der Waals surface area contributed by atoms with E-state index in [9.17, 15) is 4.79 Å². The van der Waals surface area contributed by atoms with Crippen molar-refractivity contribution in [1.29, 1.82) is 0 Å². The van der Waals surface area contributed by atoms with E-state index in [-0.39, 0.29) is 5.97 Å². The van der Waals surface area contributed by atoms with Gasteiger partial charge in [-0.15, -0.1) is 0 Å². The third kappa shape index (κ3) is 3.97. The highest BCUT2D eigenvalue weighted by molar-refractivity contribution is 5.93. The van der Waals surface area contributed by atoms with Gasteiger partial charge in [0, 0.05) is 17.8 Å². The molecule has 1 heterocycles. The largest absolute Gasteiger partial charge is 0.497 e. The predicted molar refractivity (Wildman–Crippen MR) is 106 cm³/mol. The first-order chi connectivity index (χ1) is 13.1. The van der Waals surface area contributed by atoms with Gasteiger partial charge in [0.25, 0.3) is 0 Å². The molecule has 1 aliphatic carbocycles. The van der Waals surface area contributed by atoms with Crippen molar-refractivity contribution >= 4 is 5.97 Å². The van der Waals surface area contributed by atoms with Gasteiger partial charge in [0.15, 0.2) is 0 Å². The summed E-state index contributed by atoms with van der Waals surface area (Å²) in [6.45, 7) is 2.89. The summed E-state index contributed by atoms with van der Waals surface area (Å²) in [7, 11) is 4.73. The van der Waals surface area contributed by atoms with Crippen LogP contribution in [-0.4, -0.2) is 31.9 Å². The molecule has 1 fully saturated rings. The summed E-state index contributed by atoms with van der Waals surface area (Å²) >= 11 is 0. The molecule has 1 aromatic heterocycles. The van der Waals surface area contributed by atoms with Crippen LogP contribution in [0.1, 0.15) is 48.2 Å². The molecule has 0 atom stereocenters. The summed E-state index contributed by atoms with van der Waals surface area (Å²) in [6, 6.07) is 7.66. The molecular formula is C22H29NO4. The molecule has 2 aromatic rings. The lowest BCUT2D eigenvalue weighted by Gasteiger charge is -2.24. The van der Waals surface area contributed by atoms with Crippen LogP contribution in [-0.2, 0) is 11.3 Å². The molecule has 0 aliphatic heterocycles. The van der Waals surface area contributed by atoms with E-state index in [2.05, 4.69) is 4.57 Å². The Morgan fingerprint density at radius 2 is 1.81 bits per heavy atom. The molecule has 1 aromatic carbocycles. The second-order valence-electron chi connectivity index (χ2n) is 7.20. The van der Waals surface area contributed by atoms with Crippen molar-refractivity contribution in [2.75, 3.05) is 21.3 Å². The molecule has 5 nitrogen and oxygen atoms in total. The SMILES string of the molecule is COC(=O)c1cc(-c2cc(OC)ccc2OC)n(CC2CCCCC2)c1C. The minimum Gasteiger partial charge on any atom is -0.497 e. The van der Waals surface area contributed by atoms with Gasteiger partial charge in [-0.1, -0.05) is 19.3 Å². The highest BCUT2D eigenvalue weighted by atomic mass is 16.5. The maximum Gasteiger partial charge on any atom is 0.339 e. The lowest BCUT2D eigenvalue weighted by Crippen LogP contribution is -2.16. The third-order valence-electron chi connectivity index (χ3n) is 5.62. The fourth-order valence-electron chi connectivity index (χ4n) is 4.06. The minimum absolute atomic E-state index is 0.307. The first-order valence-corrected chi connectivity index (χ1v) is 9.59. The topological polar surface area (TPSA) is 49.7 Å². The molecule has 146 valence electrons. The molecule has 0 saturated heterocycles. The molecule has 3 rings (SSSR count). The van der Waals surface area contributed by atoms with E-state index < -0.39 is 0 Å². The zero-order chi connectivity index (χ0) is 19.4. The van der Waals surface area contributed by atoms with Gasteiger partial charge < -0.3 is 18.8 Å². The van der Waals surface area contributed by atoms with Gasteiger partial charge >= 0.3 is 5.97 Å². The van der Waals surface area contributed by atoms with Crippen molar-refractivity contribution in [3.05, 3.63) is 35.5 Å². The second kappa shape index (κ2) is 8.51. The summed E-state index contributed by atoms with van der Waals surface area (Å²) in [5.74, 6) is 1.84. The Labute approximate surface area is 161 Å². The first kappa shape index (κ1) is 19.3. The lowest BCUT2D eigenvalue weighted by molar-refractivity contribution is 0.0599. The summed E-state index contributed by atoms with van der Waals surface area (Å²) in [5, 5.41) is 0. The lowest BCUT2D eigenvalue weighted by atomic mass is 9.89. The number of carbonyl (C=O) groups excluding carboxylic acids is 1. The van der Waals surface area contributed by atoms with Crippen molar-refractivity contribution in [2.45, 2.75) is 45.6 Å². The van der Waals surface area contributed by atoms with E-state index >= 15 is 0 Å². The molecule has 1 saturated carbocycles. The summed E-state index contributed by atoms with van der Waals surface area (Å²) in [6.07, 6.45) is 6.37. The Bertz CT molecular complexity index is 803. The normalized spacial score (nSPS) is 14.8. The Morgan fingerprint density at radius 3 is 2.44 bits per heavy atom. The zero-order valence-corrected chi connectivity index (χ0v) is 16.7. The van der Waals surface area contributed by atoms with E-state index in [0.29, 0.717) is 11.5 Å². The number of ether oxygens (including phenoxy) is 3. The van der Waals surface area contributed by atoms with E-state index in [0.717, 1.165) is 35.0 Å². The summed E-state index contributed by atoms with van der Waals surface area (Å²) < 4.78 is 18.3. The van der Waals surface area contributed by atoms with Gasteiger partial charge in [0.1, 0.15) is 11.5 Å². The van der Waals surface area contributed by atoms with Crippen LogP contribution in [0.2, 0.25) is 0 Å². The molecule has 0 spiro atoms. The van der Waals surface area contributed by atoms with Crippen molar-refractivity contribution in [3.63, 3.8) is 0 Å². The smallest absolute Gasteiger partial charge is 0.339 e. The van der Waals surface area contributed by atoms with Crippen LogP contribution >= 0.6 is 0 Å². The number of benzene rings is 1. The van der Waals surface area contributed by atoms with Crippen molar-refractivity contribution in [3.8, 4) is 22.8 Å². The van der Waals surface area contributed by atoms with Crippen molar-refractivity contribution < 1.29 is 19.0 Å². The van der Waals surface area contributed by atoms with Crippen LogP contribution < -0.4 is 9.47 Å². The Kier molecular flexibility index (Phi) is 6.09. The van der Waals surface area contributed by atoms with Crippen LogP contribution in [0.3, 0.4) is 0 Å². The van der Waals surface area contributed by atoms with E-state index in [1.165, 1.54) is 39.2 Å². The van der Waals surface area contributed by atoms with Gasteiger partial charge in [-0.25, -0.2) is 4.79 Å². The highest BCUT2D eigenvalue weighted by Crippen LogP contribution is 2.37. The minimum atomic E-state index is -0.307. The van der Waals surface area contributed by atoms with E-state index in [4.69, 9.17) is 14.2 Å². The van der Waals surface area contributed by atoms with Crippen LogP contribution in [0, 0.1) is 12.8 Å². The monoisotopic (exact) mass is 371 g/mol. The Balaban J connectivity index is 2.11. The summed E-state index contributed by atoms with van der Waals surface area (Å²) in [4.78, 5) is 12.3. The highest BCUT2D eigenvalue weighted by Gasteiger charge is 2.24. The first-order valence-electron chi connectivity index (χ1n) is 9.59. The predicted octanol–water partition coefficient (Wildman–Crippen LogP) is 4.85. The van der Waals surface area contributed by atoms with Crippen LogP contribution in [0.5, 0.6) is 11.5 Å². The Hall–Kier alpha value is -2.43. The fraction of sp³-hybridized carbons (Fsp3) is 0.500. The van der Waals surface area contributed by atoms with Crippen molar-refractivity contribution in [1.82, 2.24) is 4.57 Å². The van der Waals surface area contributed by atoms with Crippen LogP contribution in [0.15, 0.2) is 24.3 Å². The van der Waals surface area contributed by atoms with Crippen LogP contribution in [0.4, 0.5) is 0 Å². The number of carbonyl (C=O) groups is 1. The molecular weight excluding hydrogens is 342 g/mol. The fourth-order valence-corrected chi connectivity index (χ4v) is 4.06. The van der Waals surface area contributed by atoms with E-state index in [1.54, 1.807) is 14.2 Å². The molecule has 27 heavy (non-hydrogen) atoms. The number of methoxy groups -OCH3 is 3. The zero-order valence-electron chi connectivity index (χ0n) is 16.7. The molecule has 0 amide bonds. The maximum absolute atomic E-state index is 12.3. The van der Waals surface area contributed by atoms with Gasteiger partial charge in [-0.3, -0.25) is 0 Å². The molecule has 5 heteroatoms. The number of nitrogens with zero attached hydrogens (tertiary/aromatic N) is 1. The number of rotatable bonds is 6. The molecule has 0 bridgehead atoms. The van der Waals surface area contributed by atoms with Gasteiger partial charge in [-0.2, -0.15) is 0 Å². The van der Waals surface area contributed by atoms with Gasteiger partial charge in [0.2, 0.25) is 0 Å². The maximum atomic E-state index is 12.3. The summed E-state index contributed by atoms with van der Waals surface area (Å²) in [5.41, 5.74) is 3.43. The van der Waals surface area contributed by atoms with Crippen LogP contribution in [0.25, 0.3) is 11.3 Å². The number of hydrogen-bond donors (Lipinski definition) is 0. The molecule has 0 unspecified atom stereocenters. The van der Waals surface area contributed by atoms with Crippen molar-refractivity contribution in [2.24, 2.45) is 5.92 Å². The quantitative estimate of drug-likeness (QED) is 0.681. The molecule has 0 N–H and O–H groups in total. The molecule has 1 aliphatic rings. The van der Waals surface area contributed by atoms with Gasteiger partial charge in [-0.05, 0) is 49.9 Å². The third-order valence-corrected chi connectivity index (χ3v) is 5.62. The molecule has 0 radical (unpaired) electrons. The average Bonchev–Trinajstić information content (AvgIpc) is 3.03. The van der Waals surface area contributed by atoms with Gasteiger partial charge in [0.05, 0.1) is 32.6 Å². The number of hydrogen-bond acceptors (Lipinski definition) is 4. The Morgan fingerprint density at radius 1 is 1.07 bits per heavy atom. The second-order valence-corrected chi connectivity index (χ2v) is 7.20. The standard InChI is InChI=1S/C22H29NO4/c1-15-18(22(24)27-4)13-20(23(15)14-16-8-6-5-7-9-16)19-12-17(25-2)10-11-21(19)26-3/h10-13,16H,5-9,14H2,1-4H3.